The Morgan fingerprint density at radius 1 is 0.800 bits per heavy atom. The molecule has 0 aliphatic carbocycles. The van der Waals surface area contributed by atoms with Gasteiger partial charge in [0.2, 0.25) is 0 Å². The van der Waals surface area contributed by atoms with Crippen LogP contribution in [0.15, 0.2) is 36.5 Å². The zero-order valence-electron chi connectivity index (χ0n) is 9.86. The third kappa shape index (κ3) is 13.2. The molecule has 0 rings (SSSR count). The van der Waals surface area contributed by atoms with Crippen molar-refractivity contribution in [3.05, 3.63) is 36.5 Å². The molecule has 0 aromatic heterocycles. The van der Waals surface area contributed by atoms with E-state index >= 15 is 0 Å². The highest BCUT2D eigenvalue weighted by Gasteiger charge is 1.82. The first kappa shape index (κ1) is 14.2. The summed E-state index contributed by atoms with van der Waals surface area (Å²) in [6, 6.07) is 0. The number of hydrogen-bond acceptors (Lipinski definition) is 1. The number of unbranched alkanes of at least 4 members (excludes halogenated alkanes) is 3. The fourth-order valence-corrected chi connectivity index (χ4v) is 1.22. The summed E-state index contributed by atoms with van der Waals surface area (Å²) < 4.78 is 0. The van der Waals surface area contributed by atoms with Gasteiger partial charge in [-0.15, -0.1) is 0 Å². The van der Waals surface area contributed by atoms with Gasteiger partial charge in [-0.05, 0) is 38.5 Å². The fourth-order valence-electron chi connectivity index (χ4n) is 1.22. The van der Waals surface area contributed by atoms with Crippen molar-refractivity contribution in [1.29, 1.82) is 0 Å². The van der Waals surface area contributed by atoms with Crippen LogP contribution >= 0.6 is 0 Å². The standard InChI is InChI=1S/C14H24O/c1-2-3-4-5-6-7-8-9-10-11-12-13-14-15/h3-6,11-12,15H,2,7-10,13-14H2,1H3/b4-3+,6-5+,12-11+. The van der Waals surface area contributed by atoms with Crippen LogP contribution in [0.5, 0.6) is 0 Å². The summed E-state index contributed by atoms with van der Waals surface area (Å²) in [6.45, 7) is 2.41. The second kappa shape index (κ2) is 13.2. The Bertz CT molecular complexity index is 190. The lowest BCUT2D eigenvalue weighted by molar-refractivity contribution is 0.302. The molecule has 0 bridgehead atoms. The molecule has 0 unspecified atom stereocenters. The van der Waals surface area contributed by atoms with Crippen molar-refractivity contribution >= 4 is 0 Å². The van der Waals surface area contributed by atoms with Crippen molar-refractivity contribution in [3.63, 3.8) is 0 Å². The summed E-state index contributed by atoms with van der Waals surface area (Å²) in [5.74, 6) is 0. The molecule has 0 aromatic rings. The lowest BCUT2D eigenvalue weighted by Crippen LogP contribution is -1.76. The lowest BCUT2D eigenvalue weighted by Gasteiger charge is -1.92. The second-order valence-electron chi connectivity index (χ2n) is 3.53. The van der Waals surface area contributed by atoms with Gasteiger partial charge in [-0.1, -0.05) is 43.4 Å². The Kier molecular flexibility index (Phi) is 12.5. The van der Waals surface area contributed by atoms with Gasteiger partial charge in [0.1, 0.15) is 0 Å². The SMILES string of the molecule is CC/C=C/C=C/CCCC/C=C/CCO. The van der Waals surface area contributed by atoms with Crippen molar-refractivity contribution in [2.45, 2.75) is 45.4 Å². The highest BCUT2D eigenvalue weighted by atomic mass is 16.2. The van der Waals surface area contributed by atoms with Crippen LogP contribution in [0.2, 0.25) is 0 Å². The topological polar surface area (TPSA) is 20.2 Å². The molecule has 86 valence electrons. The molecular weight excluding hydrogens is 184 g/mol. The minimum absolute atomic E-state index is 0.267. The van der Waals surface area contributed by atoms with Crippen molar-refractivity contribution in [2.75, 3.05) is 6.61 Å². The molecule has 15 heavy (non-hydrogen) atoms. The molecule has 0 saturated carbocycles. The monoisotopic (exact) mass is 208 g/mol. The van der Waals surface area contributed by atoms with Gasteiger partial charge >= 0.3 is 0 Å². The molecule has 0 atom stereocenters. The molecule has 0 radical (unpaired) electrons. The van der Waals surface area contributed by atoms with Crippen LogP contribution in [-0.4, -0.2) is 11.7 Å². The largest absolute Gasteiger partial charge is 0.396 e. The lowest BCUT2D eigenvalue weighted by atomic mass is 10.1. The molecule has 1 N–H and O–H groups in total. The van der Waals surface area contributed by atoms with Gasteiger partial charge in [0.25, 0.3) is 0 Å². The van der Waals surface area contributed by atoms with Crippen LogP contribution < -0.4 is 0 Å². The third-order valence-electron chi connectivity index (χ3n) is 2.07. The predicted molar refractivity (Wildman–Crippen MR) is 67.9 cm³/mol. The van der Waals surface area contributed by atoms with E-state index in [1.54, 1.807) is 0 Å². The van der Waals surface area contributed by atoms with Gasteiger partial charge < -0.3 is 5.11 Å². The molecule has 0 spiro atoms. The summed E-state index contributed by atoms with van der Waals surface area (Å²) in [7, 11) is 0. The molecule has 0 aromatic carbocycles. The molecule has 1 nitrogen and oxygen atoms in total. The van der Waals surface area contributed by atoms with E-state index in [4.69, 9.17) is 5.11 Å². The fraction of sp³-hybridized carbons (Fsp3) is 0.571. The molecule has 0 fully saturated rings. The van der Waals surface area contributed by atoms with E-state index in [0.717, 1.165) is 19.3 Å². The highest BCUT2D eigenvalue weighted by molar-refractivity contribution is 5.01. The minimum atomic E-state index is 0.267. The van der Waals surface area contributed by atoms with Gasteiger partial charge in [-0.2, -0.15) is 0 Å². The van der Waals surface area contributed by atoms with E-state index in [0.29, 0.717) is 0 Å². The maximum Gasteiger partial charge on any atom is 0.0465 e. The Labute approximate surface area is 94.2 Å². The summed E-state index contributed by atoms with van der Waals surface area (Å²) >= 11 is 0. The van der Waals surface area contributed by atoms with Gasteiger partial charge in [-0.3, -0.25) is 0 Å². The van der Waals surface area contributed by atoms with Crippen LogP contribution in [0, 0.1) is 0 Å². The Balaban J connectivity index is 3.17. The van der Waals surface area contributed by atoms with Gasteiger partial charge in [-0.25, -0.2) is 0 Å². The zero-order valence-corrected chi connectivity index (χ0v) is 9.86. The van der Waals surface area contributed by atoms with Crippen LogP contribution in [0.1, 0.15) is 45.4 Å². The Hall–Kier alpha value is -0.820. The van der Waals surface area contributed by atoms with Crippen molar-refractivity contribution in [1.82, 2.24) is 0 Å². The zero-order chi connectivity index (χ0) is 11.2. The maximum atomic E-state index is 8.54. The molecule has 0 aliphatic heterocycles. The average Bonchev–Trinajstić information content (AvgIpc) is 2.26. The second-order valence-corrected chi connectivity index (χ2v) is 3.53. The first-order valence-electron chi connectivity index (χ1n) is 5.99. The van der Waals surface area contributed by atoms with Crippen molar-refractivity contribution < 1.29 is 5.11 Å². The van der Waals surface area contributed by atoms with Crippen LogP contribution in [0.3, 0.4) is 0 Å². The first-order chi connectivity index (χ1) is 7.41. The minimum Gasteiger partial charge on any atom is -0.396 e. The van der Waals surface area contributed by atoms with Crippen molar-refractivity contribution in [3.8, 4) is 0 Å². The molecule has 0 amide bonds. The summed E-state index contributed by atoms with van der Waals surface area (Å²) in [4.78, 5) is 0. The molecule has 1 heteroatoms. The highest BCUT2D eigenvalue weighted by Crippen LogP contribution is 2.02. The maximum absolute atomic E-state index is 8.54. The number of allylic oxidation sites excluding steroid dienone is 5. The normalized spacial score (nSPS) is 12.4. The Morgan fingerprint density at radius 2 is 1.40 bits per heavy atom. The number of aliphatic hydroxyl groups excluding tert-OH is 1. The number of rotatable bonds is 9. The van der Waals surface area contributed by atoms with E-state index < -0.39 is 0 Å². The molecule has 0 saturated heterocycles. The van der Waals surface area contributed by atoms with Gasteiger partial charge in [0.05, 0.1) is 0 Å². The van der Waals surface area contributed by atoms with Gasteiger partial charge in [0, 0.05) is 6.61 Å². The quantitative estimate of drug-likeness (QED) is 0.345. The van der Waals surface area contributed by atoms with Gasteiger partial charge in [0.15, 0.2) is 0 Å². The van der Waals surface area contributed by atoms with Crippen LogP contribution in [-0.2, 0) is 0 Å². The predicted octanol–water partition coefficient (Wildman–Crippen LogP) is 4.01. The molecule has 0 heterocycles. The summed E-state index contributed by atoms with van der Waals surface area (Å²) in [5.41, 5.74) is 0. The number of aliphatic hydroxyl groups is 1. The van der Waals surface area contributed by atoms with Crippen molar-refractivity contribution in [2.24, 2.45) is 0 Å². The van der Waals surface area contributed by atoms with E-state index in [1.165, 1.54) is 19.3 Å². The summed E-state index contributed by atoms with van der Waals surface area (Å²) in [5, 5.41) is 8.54. The number of hydrogen-bond donors (Lipinski definition) is 1. The van der Waals surface area contributed by atoms with E-state index in [2.05, 4.69) is 43.4 Å². The Morgan fingerprint density at radius 3 is 2.07 bits per heavy atom. The van der Waals surface area contributed by atoms with Crippen LogP contribution in [0.4, 0.5) is 0 Å². The molecule has 0 aliphatic rings. The molecular formula is C14H24O. The summed E-state index contributed by atoms with van der Waals surface area (Å²) in [6.07, 6.45) is 19.5. The average molecular weight is 208 g/mol. The smallest absolute Gasteiger partial charge is 0.0465 e. The third-order valence-corrected chi connectivity index (χ3v) is 2.07. The first-order valence-corrected chi connectivity index (χ1v) is 5.99. The van der Waals surface area contributed by atoms with E-state index in [-0.39, 0.29) is 6.61 Å². The van der Waals surface area contributed by atoms with E-state index in [1.807, 2.05) is 0 Å². The van der Waals surface area contributed by atoms with Crippen LogP contribution in [0.25, 0.3) is 0 Å². The van der Waals surface area contributed by atoms with E-state index in [9.17, 15) is 0 Å².